The molecule has 196 valence electrons. The summed E-state index contributed by atoms with van der Waals surface area (Å²) in [5.41, 5.74) is 9.06. The molecule has 0 fully saturated rings. The number of nitrogens with one attached hydrogen (secondary N) is 1. The minimum atomic E-state index is -3.55. The van der Waals surface area contributed by atoms with Gasteiger partial charge in [0.05, 0.1) is 58.8 Å². The monoisotopic (exact) mass is 531 g/mol. The average molecular weight is 532 g/mol. The van der Waals surface area contributed by atoms with Crippen LogP contribution < -0.4 is 5.32 Å². The molecule has 11 heteroatoms. The Hall–Kier alpha value is -3.83. The highest BCUT2D eigenvalue weighted by atomic mass is 32.2. The van der Waals surface area contributed by atoms with Crippen molar-refractivity contribution in [1.82, 2.24) is 24.5 Å². The zero-order chi connectivity index (χ0) is 26.6. The third-order valence-corrected chi connectivity index (χ3v) is 8.01. The van der Waals surface area contributed by atoms with E-state index >= 15 is 0 Å². The minimum Gasteiger partial charge on any atom is -0.373 e. The molecule has 3 aromatic heterocycles. The van der Waals surface area contributed by atoms with Crippen LogP contribution in [-0.4, -0.2) is 51.5 Å². The summed E-state index contributed by atoms with van der Waals surface area (Å²) >= 11 is 0. The average Bonchev–Trinajstić information content (AvgIpc) is 3.54. The van der Waals surface area contributed by atoms with E-state index in [1.54, 1.807) is 16.8 Å². The first-order chi connectivity index (χ1) is 18.1. The number of hydrogen-bond donors (Lipinski definition) is 1. The van der Waals surface area contributed by atoms with Crippen molar-refractivity contribution < 1.29 is 13.2 Å². The van der Waals surface area contributed by atoms with Crippen molar-refractivity contribution in [3.8, 4) is 11.3 Å². The fourth-order valence-corrected chi connectivity index (χ4v) is 5.78. The molecule has 4 aromatic rings. The lowest BCUT2D eigenvalue weighted by Crippen LogP contribution is -2.16. The molecular formula is C27H29N7O3S. The molecule has 5 heterocycles. The van der Waals surface area contributed by atoms with Crippen LogP contribution in [0.4, 0.5) is 17.1 Å². The third-order valence-electron chi connectivity index (χ3n) is 6.88. The lowest BCUT2D eigenvalue weighted by molar-refractivity contribution is 0.0800. The van der Waals surface area contributed by atoms with Gasteiger partial charge in [-0.3, -0.25) is 19.3 Å². The first kappa shape index (κ1) is 24.5. The van der Waals surface area contributed by atoms with Crippen molar-refractivity contribution in [2.45, 2.75) is 44.7 Å². The van der Waals surface area contributed by atoms with E-state index in [2.05, 4.69) is 16.5 Å². The van der Waals surface area contributed by atoms with Gasteiger partial charge in [-0.2, -0.15) is 10.2 Å². The molecule has 0 bridgehead atoms. The highest BCUT2D eigenvalue weighted by Gasteiger charge is 2.23. The van der Waals surface area contributed by atoms with Crippen molar-refractivity contribution in [2.24, 2.45) is 12.0 Å². The van der Waals surface area contributed by atoms with Crippen molar-refractivity contribution in [1.29, 1.82) is 0 Å². The second-order valence-electron chi connectivity index (χ2n) is 9.96. The fraction of sp³-hybridized carbons (Fsp3) is 0.333. The SMILES string of the molecule is CC1=Nc2c(Nc3ccc(-c4cc(C)n(C)n4)cc3S(C)(=O)=O)cc(Cc3cc4n(n3)CCOC4)nc2C1. The van der Waals surface area contributed by atoms with E-state index in [0.717, 1.165) is 63.4 Å². The van der Waals surface area contributed by atoms with Crippen molar-refractivity contribution in [3.63, 3.8) is 0 Å². The van der Waals surface area contributed by atoms with Gasteiger partial charge < -0.3 is 10.1 Å². The number of aromatic nitrogens is 5. The second kappa shape index (κ2) is 9.17. The van der Waals surface area contributed by atoms with Crippen LogP contribution in [0.3, 0.4) is 0 Å². The number of aliphatic imine (C=N–C) groups is 1. The molecule has 2 aliphatic heterocycles. The zero-order valence-electron chi connectivity index (χ0n) is 21.8. The standard InChI is InChI=1S/C27H29N7O3S/c1-16-9-24-27(28-16)25(14-19(29-24)12-20-13-21-15-37-8-7-34(21)31-20)30-22-6-5-18(11-26(22)38(4,35)36)23-10-17(2)33(3)32-23/h5-6,10-11,13-14H,7-9,12,15H2,1-4H3,(H,29,30). The second-order valence-corrected chi connectivity index (χ2v) is 11.9. The molecule has 10 nitrogen and oxygen atoms in total. The molecule has 0 spiro atoms. The summed E-state index contributed by atoms with van der Waals surface area (Å²) in [5, 5.41) is 12.6. The number of nitrogens with zero attached hydrogens (tertiary/aromatic N) is 6. The van der Waals surface area contributed by atoms with E-state index in [1.807, 2.05) is 43.8 Å². The maximum Gasteiger partial charge on any atom is 0.177 e. The Kier molecular flexibility index (Phi) is 5.92. The Morgan fingerprint density at radius 2 is 1.89 bits per heavy atom. The molecule has 0 aliphatic carbocycles. The molecule has 0 saturated carbocycles. The van der Waals surface area contributed by atoms with Gasteiger partial charge in [0.2, 0.25) is 0 Å². The maximum absolute atomic E-state index is 12.9. The topological polar surface area (TPSA) is 116 Å². The molecule has 6 rings (SSSR count). The molecule has 2 aliphatic rings. The quantitative estimate of drug-likeness (QED) is 0.401. The number of benzene rings is 1. The summed E-state index contributed by atoms with van der Waals surface area (Å²) < 4.78 is 35.0. The molecule has 0 unspecified atom stereocenters. The first-order valence-corrected chi connectivity index (χ1v) is 14.4. The number of pyridine rings is 1. The van der Waals surface area contributed by atoms with E-state index in [1.165, 1.54) is 6.26 Å². The molecule has 0 saturated heterocycles. The maximum atomic E-state index is 12.9. The van der Waals surface area contributed by atoms with Gasteiger partial charge in [-0.1, -0.05) is 6.07 Å². The minimum absolute atomic E-state index is 0.200. The van der Waals surface area contributed by atoms with Crippen LogP contribution in [0.5, 0.6) is 0 Å². The molecule has 1 aromatic carbocycles. The molecular weight excluding hydrogens is 502 g/mol. The van der Waals surface area contributed by atoms with E-state index < -0.39 is 9.84 Å². The number of hydrogen-bond acceptors (Lipinski definition) is 8. The summed E-state index contributed by atoms with van der Waals surface area (Å²) in [7, 11) is -1.68. The van der Waals surface area contributed by atoms with Crippen LogP contribution in [0.25, 0.3) is 11.3 Å². The highest BCUT2D eigenvalue weighted by Crippen LogP contribution is 2.38. The van der Waals surface area contributed by atoms with Gasteiger partial charge in [0.25, 0.3) is 0 Å². The normalized spacial score (nSPS) is 14.8. The van der Waals surface area contributed by atoms with Crippen LogP contribution >= 0.6 is 0 Å². The summed E-state index contributed by atoms with van der Waals surface area (Å²) in [4.78, 5) is 9.79. The summed E-state index contributed by atoms with van der Waals surface area (Å²) in [6.07, 6.45) is 2.43. The van der Waals surface area contributed by atoms with Crippen LogP contribution in [0.2, 0.25) is 0 Å². The van der Waals surface area contributed by atoms with Crippen LogP contribution in [0.15, 0.2) is 46.3 Å². The highest BCUT2D eigenvalue weighted by molar-refractivity contribution is 7.90. The number of aryl methyl sites for hydroxylation is 2. The van der Waals surface area contributed by atoms with Gasteiger partial charge in [-0.25, -0.2) is 8.42 Å². The lowest BCUT2D eigenvalue weighted by atomic mass is 10.1. The van der Waals surface area contributed by atoms with Crippen molar-refractivity contribution in [3.05, 3.63) is 64.9 Å². The largest absolute Gasteiger partial charge is 0.373 e. The number of rotatable bonds is 6. The van der Waals surface area contributed by atoms with Crippen molar-refractivity contribution >= 4 is 32.6 Å². The molecule has 0 atom stereocenters. The number of fused-ring (bicyclic) bond motifs is 2. The van der Waals surface area contributed by atoms with E-state index in [0.29, 0.717) is 31.7 Å². The van der Waals surface area contributed by atoms with Gasteiger partial charge in [0, 0.05) is 48.8 Å². The first-order valence-electron chi connectivity index (χ1n) is 12.5. The number of ether oxygens (including phenoxy) is 1. The van der Waals surface area contributed by atoms with E-state index in [-0.39, 0.29) is 4.90 Å². The summed E-state index contributed by atoms with van der Waals surface area (Å²) in [5.74, 6) is 0. The number of sulfone groups is 1. The number of anilines is 2. The smallest absolute Gasteiger partial charge is 0.177 e. The molecule has 0 radical (unpaired) electrons. The van der Waals surface area contributed by atoms with Gasteiger partial charge >= 0.3 is 0 Å². The van der Waals surface area contributed by atoms with Crippen LogP contribution in [-0.2, 0) is 47.6 Å². The van der Waals surface area contributed by atoms with Crippen molar-refractivity contribution in [2.75, 3.05) is 18.2 Å². The molecule has 0 amide bonds. The summed E-state index contributed by atoms with van der Waals surface area (Å²) in [6.45, 7) is 5.90. The Balaban J connectivity index is 1.38. The molecule has 1 N–H and O–H groups in total. The fourth-order valence-electron chi connectivity index (χ4n) is 4.92. The van der Waals surface area contributed by atoms with Gasteiger partial charge in [0.15, 0.2) is 9.84 Å². The van der Waals surface area contributed by atoms with Gasteiger partial charge in [-0.15, -0.1) is 0 Å². The zero-order valence-corrected chi connectivity index (χ0v) is 22.6. The van der Waals surface area contributed by atoms with Crippen LogP contribution in [0, 0.1) is 6.92 Å². The Morgan fingerprint density at radius 3 is 2.63 bits per heavy atom. The molecule has 38 heavy (non-hydrogen) atoms. The van der Waals surface area contributed by atoms with Crippen LogP contribution in [0.1, 0.15) is 35.4 Å². The van der Waals surface area contributed by atoms with Gasteiger partial charge in [-0.05, 0) is 44.2 Å². The predicted octanol–water partition coefficient (Wildman–Crippen LogP) is 3.90. The van der Waals surface area contributed by atoms with E-state index in [9.17, 15) is 8.42 Å². The third kappa shape index (κ3) is 4.63. The Bertz CT molecular complexity index is 1670. The predicted molar refractivity (Wildman–Crippen MR) is 145 cm³/mol. The summed E-state index contributed by atoms with van der Waals surface area (Å²) in [6, 6.07) is 11.3. The van der Waals surface area contributed by atoms with E-state index in [4.69, 9.17) is 19.8 Å². The Labute approximate surface area is 221 Å². The Morgan fingerprint density at radius 1 is 1.05 bits per heavy atom. The lowest BCUT2D eigenvalue weighted by Gasteiger charge is -2.15. The van der Waals surface area contributed by atoms with Gasteiger partial charge in [0.1, 0.15) is 5.69 Å².